The van der Waals surface area contributed by atoms with Gasteiger partial charge in [-0.15, -0.1) is 0 Å². The summed E-state index contributed by atoms with van der Waals surface area (Å²) in [4.78, 5) is 24.3. The fraction of sp³-hybridized carbons (Fsp3) is 0.320. The molecule has 1 amide bonds. The van der Waals surface area contributed by atoms with Crippen molar-refractivity contribution in [3.8, 4) is 5.69 Å². The van der Waals surface area contributed by atoms with Crippen LogP contribution < -0.4 is 10.0 Å². The van der Waals surface area contributed by atoms with E-state index in [1.807, 2.05) is 26.0 Å². The predicted octanol–water partition coefficient (Wildman–Crippen LogP) is 3.92. The van der Waals surface area contributed by atoms with Crippen molar-refractivity contribution < 1.29 is 22.7 Å². The van der Waals surface area contributed by atoms with Crippen LogP contribution in [-0.2, 0) is 26.0 Å². The second-order valence-corrected chi connectivity index (χ2v) is 10.2. The van der Waals surface area contributed by atoms with Gasteiger partial charge in [-0.25, -0.2) is 13.1 Å². The number of methoxy groups -OCH3 is 1. The van der Waals surface area contributed by atoms with Gasteiger partial charge in [0.05, 0.1) is 29.9 Å². The topological polar surface area (TPSA) is 119 Å². The molecule has 0 fully saturated rings. The molecule has 0 spiro atoms. The van der Waals surface area contributed by atoms with Crippen molar-refractivity contribution in [2.24, 2.45) is 0 Å². The van der Waals surface area contributed by atoms with Crippen molar-refractivity contribution in [1.82, 2.24) is 9.78 Å². The Kier molecular flexibility index (Phi) is 7.96. The highest BCUT2D eigenvalue weighted by Crippen LogP contribution is 2.23. The van der Waals surface area contributed by atoms with Gasteiger partial charge in [0.25, 0.3) is 5.91 Å². The number of esters is 1. The molecule has 0 bridgehead atoms. The number of ether oxygens (including phenoxy) is 1. The van der Waals surface area contributed by atoms with E-state index in [4.69, 9.17) is 4.74 Å². The first-order valence-corrected chi connectivity index (χ1v) is 12.8. The monoisotopic (exact) mass is 498 g/mol. The first-order chi connectivity index (χ1) is 16.5. The van der Waals surface area contributed by atoms with Crippen LogP contribution in [0.2, 0.25) is 0 Å². The lowest BCUT2D eigenvalue weighted by Crippen LogP contribution is -2.16. The van der Waals surface area contributed by atoms with Gasteiger partial charge in [0.1, 0.15) is 0 Å². The number of hydrogen-bond donors (Lipinski definition) is 2. The summed E-state index contributed by atoms with van der Waals surface area (Å²) >= 11 is 0. The number of sulfonamides is 1. The maximum absolute atomic E-state index is 12.7. The lowest BCUT2D eigenvalue weighted by Gasteiger charge is -2.12. The first-order valence-electron chi connectivity index (χ1n) is 11.2. The summed E-state index contributed by atoms with van der Waals surface area (Å²) in [5.41, 5.74) is 5.77. The van der Waals surface area contributed by atoms with Gasteiger partial charge >= 0.3 is 5.97 Å². The zero-order valence-corrected chi connectivity index (χ0v) is 21.3. The van der Waals surface area contributed by atoms with E-state index < -0.39 is 10.0 Å². The minimum atomic E-state index is -3.38. The van der Waals surface area contributed by atoms with Crippen LogP contribution in [0.5, 0.6) is 0 Å². The van der Waals surface area contributed by atoms with Crippen LogP contribution in [0.3, 0.4) is 0 Å². The molecule has 3 aromatic rings. The molecule has 1 heterocycles. The van der Waals surface area contributed by atoms with Gasteiger partial charge in [0, 0.05) is 23.4 Å². The highest BCUT2D eigenvalue weighted by molar-refractivity contribution is 7.92. The summed E-state index contributed by atoms with van der Waals surface area (Å²) in [7, 11) is -2.01. The van der Waals surface area contributed by atoms with Gasteiger partial charge in [-0.3, -0.25) is 14.3 Å². The molecule has 0 unspecified atom stereocenters. The minimum Gasteiger partial charge on any atom is -0.469 e. The Bertz CT molecular complexity index is 1340. The van der Waals surface area contributed by atoms with Crippen molar-refractivity contribution in [3.63, 3.8) is 0 Å². The molecule has 1 aromatic heterocycles. The molecule has 186 valence electrons. The summed E-state index contributed by atoms with van der Waals surface area (Å²) in [5.74, 6) is -0.572. The number of nitrogens with zero attached hydrogens (tertiary/aromatic N) is 2. The van der Waals surface area contributed by atoms with Crippen LogP contribution >= 0.6 is 0 Å². The van der Waals surface area contributed by atoms with E-state index in [0.717, 1.165) is 22.6 Å². The fourth-order valence-electron chi connectivity index (χ4n) is 3.67. The number of hydrogen-bond acceptors (Lipinski definition) is 6. The third kappa shape index (κ3) is 6.27. The number of aromatic nitrogens is 2. The summed E-state index contributed by atoms with van der Waals surface area (Å²) in [5, 5.41) is 7.43. The molecule has 0 atom stereocenters. The number of benzene rings is 2. The number of nitrogens with one attached hydrogen (secondary N) is 2. The Morgan fingerprint density at radius 2 is 1.74 bits per heavy atom. The number of amides is 1. The Labute approximate surface area is 205 Å². The zero-order valence-electron chi connectivity index (χ0n) is 20.5. The molecule has 0 radical (unpaired) electrons. The Morgan fingerprint density at radius 1 is 1.06 bits per heavy atom. The molecule has 0 aliphatic heterocycles. The average molecular weight is 499 g/mol. The van der Waals surface area contributed by atoms with E-state index in [2.05, 4.69) is 15.1 Å². The van der Waals surface area contributed by atoms with E-state index in [9.17, 15) is 18.0 Å². The lowest BCUT2D eigenvalue weighted by molar-refractivity contribution is -0.140. The van der Waals surface area contributed by atoms with Crippen LogP contribution in [0.25, 0.3) is 5.69 Å². The van der Waals surface area contributed by atoms with Crippen LogP contribution in [0.4, 0.5) is 11.4 Å². The largest absolute Gasteiger partial charge is 0.469 e. The third-order valence-corrected chi connectivity index (χ3v) is 7.04. The van der Waals surface area contributed by atoms with Gasteiger partial charge in [-0.1, -0.05) is 0 Å². The van der Waals surface area contributed by atoms with Crippen LogP contribution in [0.15, 0.2) is 42.5 Å². The van der Waals surface area contributed by atoms with E-state index in [-0.39, 0.29) is 24.1 Å². The number of carbonyl (C=O) groups excluding carboxylic acids is 2. The molecule has 0 aliphatic rings. The molecule has 35 heavy (non-hydrogen) atoms. The zero-order chi connectivity index (χ0) is 25.8. The molecule has 2 aromatic carbocycles. The molecule has 0 saturated carbocycles. The second-order valence-electron chi connectivity index (χ2n) is 8.17. The first kappa shape index (κ1) is 26.0. The van der Waals surface area contributed by atoms with E-state index in [1.54, 1.807) is 48.9 Å². The fourth-order valence-corrected chi connectivity index (χ4v) is 4.38. The smallest absolute Gasteiger partial charge is 0.305 e. The van der Waals surface area contributed by atoms with E-state index >= 15 is 0 Å². The highest BCUT2D eigenvalue weighted by atomic mass is 32.2. The molecule has 2 N–H and O–H groups in total. The van der Waals surface area contributed by atoms with Crippen molar-refractivity contribution in [2.75, 3.05) is 22.9 Å². The molecule has 9 nitrogen and oxygen atoms in total. The van der Waals surface area contributed by atoms with Gasteiger partial charge in [-0.2, -0.15) is 5.10 Å². The Hall–Kier alpha value is -3.66. The predicted molar refractivity (Wildman–Crippen MR) is 136 cm³/mol. The number of aryl methyl sites for hydroxylation is 2. The molecule has 10 heteroatoms. The van der Waals surface area contributed by atoms with Crippen LogP contribution in [0.1, 0.15) is 46.2 Å². The number of anilines is 2. The highest BCUT2D eigenvalue weighted by Gasteiger charge is 2.15. The van der Waals surface area contributed by atoms with E-state index in [1.165, 1.54) is 7.11 Å². The average Bonchev–Trinajstić information content (AvgIpc) is 3.12. The molecule has 3 rings (SSSR count). The third-order valence-electron chi connectivity index (χ3n) is 5.75. The molecule has 0 aliphatic carbocycles. The summed E-state index contributed by atoms with van der Waals surface area (Å²) in [6.07, 6.45) is 0.830. The van der Waals surface area contributed by atoms with Gasteiger partial charge in [0.2, 0.25) is 10.0 Å². The van der Waals surface area contributed by atoms with Gasteiger partial charge in [-0.05, 0) is 87.7 Å². The quantitative estimate of drug-likeness (QED) is 0.432. The summed E-state index contributed by atoms with van der Waals surface area (Å²) < 4.78 is 32.7. The van der Waals surface area contributed by atoms with Crippen molar-refractivity contribution in [2.45, 2.75) is 40.5 Å². The second kappa shape index (κ2) is 10.7. The normalized spacial score (nSPS) is 11.2. The molecular weight excluding hydrogens is 468 g/mol. The SMILES string of the molecule is CCS(=O)(=O)Nc1ccc(NC(=O)c2ccc(-n3nc(C)c(CCC(=O)OC)c3C)cc2)cc1C. The lowest BCUT2D eigenvalue weighted by atomic mass is 10.1. The Morgan fingerprint density at radius 3 is 2.34 bits per heavy atom. The summed E-state index contributed by atoms with van der Waals surface area (Å²) in [6, 6.07) is 12.0. The molecule has 0 saturated heterocycles. The number of carbonyl (C=O) groups is 2. The van der Waals surface area contributed by atoms with Crippen molar-refractivity contribution in [3.05, 3.63) is 70.5 Å². The van der Waals surface area contributed by atoms with Gasteiger partial charge < -0.3 is 10.1 Å². The van der Waals surface area contributed by atoms with Crippen molar-refractivity contribution >= 4 is 33.3 Å². The van der Waals surface area contributed by atoms with Crippen molar-refractivity contribution in [1.29, 1.82) is 0 Å². The Balaban J connectivity index is 1.72. The van der Waals surface area contributed by atoms with Gasteiger partial charge in [0.15, 0.2) is 0 Å². The standard InChI is InChI=1S/C25H30N4O5S/c1-6-35(32,33)28-23-13-9-20(15-16(23)2)26-25(31)19-7-10-21(11-8-19)29-18(4)22(17(3)27-29)12-14-24(30)34-5/h7-11,13,15,28H,6,12,14H2,1-5H3,(H,26,31). The van der Waals surface area contributed by atoms with Crippen LogP contribution in [-0.4, -0.2) is 42.9 Å². The maximum atomic E-state index is 12.7. The summed E-state index contributed by atoms with van der Waals surface area (Å²) in [6.45, 7) is 7.18. The number of rotatable bonds is 9. The minimum absolute atomic E-state index is 0.0205. The molecular formula is C25H30N4O5S. The van der Waals surface area contributed by atoms with Crippen LogP contribution in [0, 0.1) is 20.8 Å². The maximum Gasteiger partial charge on any atom is 0.305 e. The van der Waals surface area contributed by atoms with E-state index in [0.29, 0.717) is 28.9 Å².